The van der Waals surface area contributed by atoms with Gasteiger partial charge in [-0.05, 0) is 92.7 Å². The second kappa shape index (κ2) is 13.7. The lowest BCUT2D eigenvalue weighted by Crippen LogP contribution is -2.33. The number of fused-ring (bicyclic) bond motifs is 1. The first-order chi connectivity index (χ1) is 22.6. The third-order valence-electron chi connectivity index (χ3n) is 9.18. The lowest BCUT2D eigenvalue weighted by atomic mass is 9.90. The normalized spacial score (nSPS) is 17.0. The van der Waals surface area contributed by atoms with E-state index in [0.717, 1.165) is 86.4 Å². The van der Waals surface area contributed by atoms with E-state index in [1.807, 2.05) is 13.8 Å². The molecule has 0 radical (unpaired) electrons. The molecular formula is C36H43F6N5O. The molecule has 0 atom stereocenters. The Morgan fingerprint density at radius 1 is 0.833 bits per heavy atom. The Morgan fingerprint density at radius 3 is 1.85 bits per heavy atom. The lowest BCUT2D eigenvalue weighted by Gasteiger charge is -2.31. The van der Waals surface area contributed by atoms with E-state index in [9.17, 15) is 31.1 Å². The average molecular weight is 676 g/mol. The number of pyridine rings is 1. The van der Waals surface area contributed by atoms with E-state index in [-0.39, 0.29) is 47.4 Å². The number of aromatic nitrogens is 3. The van der Waals surface area contributed by atoms with Crippen molar-refractivity contribution in [3.63, 3.8) is 0 Å². The topological polar surface area (TPSA) is 62.2 Å². The van der Waals surface area contributed by atoms with Crippen LogP contribution in [0.5, 0.6) is 0 Å². The molecule has 0 N–H and O–H groups in total. The zero-order valence-corrected chi connectivity index (χ0v) is 28.1. The number of benzene rings is 1. The molecular weight excluding hydrogens is 632 g/mol. The molecule has 12 heteroatoms. The van der Waals surface area contributed by atoms with Crippen molar-refractivity contribution in [1.29, 1.82) is 0 Å². The largest absolute Gasteiger partial charge is 0.416 e. The third-order valence-corrected chi connectivity index (χ3v) is 9.18. The van der Waals surface area contributed by atoms with E-state index < -0.39 is 23.5 Å². The van der Waals surface area contributed by atoms with E-state index >= 15 is 0 Å². The van der Waals surface area contributed by atoms with Crippen molar-refractivity contribution in [3.8, 4) is 0 Å². The quantitative estimate of drug-likeness (QED) is 0.149. The van der Waals surface area contributed by atoms with Gasteiger partial charge in [0.15, 0.2) is 5.78 Å². The molecule has 48 heavy (non-hydrogen) atoms. The van der Waals surface area contributed by atoms with Crippen LogP contribution in [0.15, 0.2) is 36.7 Å². The van der Waals surface area contributed by atoms with E-state index in [4.69, 9.17) is 4.98 Å². The Labute approximate surface area is 278 Å². The van der Waals surface area contributed by atoms with Crippen LogP contribution in [0.4, 0.5) is 38.1 Å². The number of hydrogen-bond donors (Lipinski definition) is 0. The van der Waals surface area contributed by atoms with Crippen LogP contribution in [0.1, 0.15) is 111 Å². The summed E-state index contributed by atoms with van der Waals surface area (Å²) >= 11 is 0. The second-order valence-electron chi connectivity index (χ2n) is 13.8. The molecule has 0 bridgehead atoms. The molecule has 6 nitrogen and oxygen atoms in total. The molecule has 260 valence electrons. The molecule has 0 saturated heterocycles. The van der Waals surface area contributed by atoms with Crippen LogP contribution < -0.4 is 9.80 Å². The molecule has 3 aliphatic carbocycles. The molecule has 3 aliphatic rings. The van der Waals surface area contributed by atoms with E-state index in [1.165, 1.54) is 19.3 Å². The molecule has 6 rings (SSSR count). The number of ketones is 1. The number of aryl methyl sites for hydroxylation is 1. The van der Waals surface area contributed by atoms with Gasteiger partial charge in [0.1, 0.15) is 5.82 Å². The van der Waals surface area contributed by atoms with Crippen molar-refractivity contribution in [2.45, 2.75) is 104 Å². The summed E-state index contributed by atoms with van der Waals surface area (Å²) in [6, 6.07) is 3.71. The maximum Gasteiger partial charge on any atom is 0.416 e. The minimum atomic E-state index is -4.98. The fraction of sp³-hybridized carbons (Fsp3) is 0.556. The average Bonchev–Trinajstić information content (AvgIpc) is 3.97. The zero-order chi connectivity index (χ0) is 35.0. The molecule has 3 aromatic rings. The zero-order valence-electron chi connectivity index (χ0n) is 28.1. The second-order valence-corrected chi connectivity index (χ2v) is 13.8. The van der Waals surface area contributed by atoms with Gasteiger partial charge in [0.2, 0.25) is 5.95 Å². The summed E-state index contributed by atoms with van der Waals surface area (Å²) in [5, 5.41) is 0. The number of nitrogens with zero attached hydrogens (tertiary/aromatic N) is 5. The van der Waals surface area contributed by atoms with E-state index in [1.54, 1.807) is 4.90 Å². The van der Waals surface area contributed by atoms with Crippen LogP contribution in [0.25, 0.3) is 0 Å². The summed E-state index contributed by atoms with van der Waals surface area (Å²) in [6.07, 6.45) is -0.984. The summed E-state index contributed by atoms with van der Waals surface area (Å²) in [5.41, 5.74) is 0.108. The van der Waals surface area contributed by atoms with Crippen LogP contribution in [-0.2, 0) is 37.3 Å². The minimum Gasteiger partial charge on any atom is -0.356 e. The van der Waals surface area contributed by atoms with Gasteiger partial charge in [-0.2, -0.15) is 26.3 Å². The maximum absolute atomic E-state index is 13.8. The summed E-state index contributed by atoms with van der Waals surface area (Å²) in [5.74, 6) is 1.75. The van der Waals surface area contributed by atoms with Crippen molar-refractivity contribution < 1.29 is 31.1 Å². The van der Waals surface area contributed by atoms with Gasteiger partial charge in [-0.3, -0.25) is 4.79 Å². The van der Waals surface area contributed by atoms with Gasteiger partial charge in [-0.25, -0.2) is 15.0 Å². The van der Waals surface area contributed by atoms with E-state index in [2.05, 4.69) is 34.8 Å². The smallest absolute Gasteiger partial charge is 0.356 e. The van der Waals surface area contributed by atoms with Gasteiger partial charge in [0.25, 0.3) is 0 Å². The summed E-state index contributed by atoms with van der Waals surface area (Å²) < 4.78 is 82.6. The number of hydrogen-bond acceptors (Lipinski definition) is 6. The predicted molar refractivity (Wildman–Crippen MR) is 173 cm³/mol. The number of rotatable bonds is 11. The van der Waals surface area contributed by atoms with Crippen LogP contribution in [0.3, 0.4) is 0 Å². The number of carbonyl (C=O) groups excluding carboxylic acids is 1. The Morgan fingerprint density at radius 2 is 1.38 bits per heavy atom. The van der Waals surface area contributed by atoms with Crippen LogP contribution in [0.2, 0.25) is 0 Å². The van der Waals surface area contributed by atoms with Crippen LogP contribution in [-0.4, -0.2) is 33.8 Å². The van der Waals surface area contributed by atoms with Gasteiger partial charge < -0.3 is 9.80 Å². The highest BCUT2D eigenvalue weighted by molar-refractivity contribution is 5.93. The van der Waals surface area contributed by atoms with Gasteiger partial charge in [-0.15, -0.1) is 0 Å². The molecule has 0 amide bonds. The molecule has 2 fully saturated rings. The molecule has 0 aliphatic heterocycles. The number of Topliss-reactive ketones (excluding diaryl/α,β-unsaturated/α-hetero) is 1. The first-order valence-electron chi connectivity index (χ1n) is 16.7. The molecule has 2 heterocycles. The Balaban J connectivity index is 0.00000221. The first-order valence-corrected chi connectivity index (χ1v) is 16.7. The van der Waals surface area contributed by atoms with E-state index in [0.29, 0.717) is 11.8 Å². The highest BCUT2D eigenvalue weighted by Gasteiger charge is 2.38. The predicted octanol–water partition coefficient (Wildman–Crippen LogP) is 9.20. The first kappa shape index (κ1) is 35.6. The standard InChI is InChI=1S/C34H37F6N5O.C2H6/c1-20(46)26-14-41-31(42-15-26)45(18-23-10-27(33(35,36)37)13-28(11-23)34(38,39)40)19-25-12-24-8-9-32(2,3)29(24)43-30(25)44(16-21-4-5-21)17-22-6-7-22;1-2/h10-15,21-22H,4-9,16-19H2,1-3H3;1-2H3. The van der Waals surface area contributed by atoms with Crippen molar-refractivity contribution in [3.05, 3.63) is 75.7 Å². The Kier molecular flexibility index (Phi) is 10.1. The summed E-state index contributed by atoms with van der Waals surface area (Å²) in [6.45, 7) is 11.2. The Hall–Kier alpha value is -3.70. The summed E-state index contributed by atoms with van der Waals surface area (Å²) in [7, 11) is 0. The number of alkyl halides is 6. The molecule has 0 spiro atoms. The fourth-order valence-corrected chi connectivity index (χ4v) is 6.20. The van der Waals surface area contributed by atoms with Crippen molar-refractivity contribution in [2.75, 3.05) is 22.9 Å². The monoisotopic (exact) mass is 675 g/mol. The lowest BCUT2D eigenvalue weighted by molar-refractivity contribution is -0.143. The number of halogens is 6. The summed E-state index contributed by atoms with van der Waals surface area (Å²) in [4.78, 5) is 29.8. The third kappa shape index (κ3) is 8.47. The SMILES string of the molecule is CC.CC(=O)c1cnc(N(Cc2cc(C(F)(F)F)cc(C(F)(F)F)c2)Cc2cc3c(nc2N(CC2CC2)CC2CC2)C(C)(C)CC3)nc1. The molecule has 2 saturated carbocycles. The highest BCUT2D eigenvalue weighted by Crippen LogP contribution is 2.42. The minimum absolute atomic E-state index is 0.0821. The fourth-order valence-electron chi connectivity index (χ4n) is 6.20. The molecule has 2 aromatic heterocycles. The van der Waals surface area contributed by atoms with Crippen molar-refractivity contribution >= 4 is 17.5 Å². The maximum atomic E-state index is 13.8. The number of carbonyl (C=O) groups is 1. The van der Waals surface area contributed by atoms with Crippen LogP contribution >= 0.6 is 0 Å². The highest BCUT2D eigenvalue weighted by atomic mass is 19.4. The van der Waals surface area contributed by atoms with Crippen molar-refractivity contribution in [2.24, 2.45) is 11.8 Å². The van der Waals surface area contributed by atoms with Gasteiger partial charge >= 0.3 is 12.4 Å². The molecule has 0 unspecified atom stereocenters. The van der Waals surface area contributed by atoms with Crippen LogP contribution in [0, 0.1) is 11.8 Å². The Bertz CT molecular complexity index is 1560. The van der Waals surface area contributed by atoms with Gasteiger partial charge in [-0.1, -0.05) is 27.7 Å². The van der Waals surface area contributed by atoms with Gasteiger partial charge in [0, 0.05) is 49.6 Å². The molecule has 1 aromatic carbocycles. The van der Waals surface area contributed by atoms with Gasteiger partial charge in [0.05, 0.1) is 22.4 Å². The number of anilines is 2. The van der Waals surface area contributed by atoms with Crippen molar-refractivity contribution in [1.82, 2.24) is 15.0 Å².